The van der Waals surface area contributed by atoms with Crippen LogP contribution in [0.4, 0.5) is 0 Å². The highest BCUT2D eigenvalue weighted by molar-refractivity contribution is 7.07. The predicted octanol–water partition coefficient (Wildman–Crippen LogP) is 3.75. The first-order valence-electron chi connectivity index (χ1n) is 7.63. The van der Waals surface area contributed by atoms with Gasteiger partial charge in [0.2, 0.25) is 0 Å². The van der Waals surface area contributed by atoms with Crippen molar-refractivity contribution in [3.8, 4) is 0 Å². The number of carbonyl (C=O) groups excluding carboxylic acids is 1. The number of esters is 1. The Morgan fingerprint density at radius 3 is 2.87 bits per heavy atom. The van der Waals surface area contributed by atoms with Crippen LogP contribution >= 0.6 is 22.9 Å². The second-order valence-electron chi connectivity index (χ2n) is 5.88. The Morgan fingerprint density at radius 2 is 2.22 bits per heavy atom. The lowest BCUT2D eigenvalue weighted by molar-refractivity contribution is -0.154. The molecule has 0 atom stereocenters. The van der Waals surface area contributed by atoms with E-state index in [4.69, 9.17) is 16.3 Å². The maximum atomic E-state index is 11.9. The fourth-order valence-electron chi connectivity index (χ4n) is 2.82. The molecule has 0 saturated heterocycles. The van der Waals surface area contributed by atoms with E-state index < -0.39 is 0 Å². The van der Waals surface area contributed by atoms with E-state index in [2.05, 4.69) is 6.07 Å². The van der Waals surface area contributed by atoms with Crippen LogP contribution < -0.4 is 4.87 Å². The molecule has 1 aliphatic carbocycles. The molecule has 1 aromatic carbocycles. The largest absolute Gasteiger partial charge is 0.462 e. The van der Waals surface area contributed by atoms with Crippen molar-refractivity contribution in [3.63, 3.8) is 0 Å². The van der Waals surface area contributed by atoms with Crippen molar-refractivity contribution in [2.75, 3.05) is 0 Å². The average Bonchev–Trinajstić information content (AvgIpc) is 2.79. The van der Waals surface area contributed by atoms with Crippen molar-refractivity contribution < 1.29 is 9.53 Å². The van der Waals surface area contributed by atoms with Gasteiger partial charge in [-0.15, -0.1) is 0 Å². The highest BCUT2D eigenvalue weighted by Gasteiger charge is 2.33. The van der Waals surface area contributed by atoms with Gasteiger partial charge in [-0.05, 0) is 43.4 Å². The molecule has 1 fully saturated rings. The van der Waals surface area contributed by atoms with E-state index in [0.717, 1.165) is 34.9 Å². The van der Waals surface area contributed by atoms with E-state index >= 15 is 0 Å². The molecular weight excluding hydrogens is 334 g/mol. The third kappa shape index (κ3) is 3.85. The monoisotopic (exact) mass is 351 g/mol. The van der Waals surface area contributed by atoms with Crippen molar-refractivity contribution >= 4 is 28.9 Å². The summed E-state index contributed by atoms with van der Waals surface area (Å²) in [5.41, 5.74) is 2.09. The lowest BCUT2D eigenvalue weighted by Gasteiger charge is -2.35. The van der Waals surface area contributed by atoms with Crippen LogP contribution in [0, 0.1) is 6.92 Å². The van der Waals surface area contributed by atoms with Crippen LogP contribution in [0.15, 0.2) is 34.4 Å². The quantitative estimate of drug-likeness (QED) is 0.771. The van der Waals surface area contributed by atoms with Gasteiger partial charge >= 0.3 is 10.8 Å². The SMILES string of the molecule is Cc1csc(=O)n1CCC(=O)OC1CC(c2cccc(Cl)c2)C1. The minimum absolute atomic E-state index is 0.0215. The Kier molecular flexibility index (Phi) is 4.87. The third-order valence-electron chi connectivity index (χ3n) is 4.23. The number of aromatic nitrogens is 1. The highest BCUT2D eigenvalue weighted by Crippen LogP contribution is 2.39. The van der Waals surface area contributed by atoms with Gasteiger partial charge in [0.1, 0.15) is 6.10 Å². The minimum atomic E-state index is -0.239. The number of rotatable bonds is 5. The molecule has 1 saturated carbocycles. The zero-order chi connectivity index (χ0) is 16.4. The zero-order valence-corrected chi connectivity index (χ0v) is 14.4. The fraction of sp³-hybridized carbons (Fsp3) is 0.412. The van der Waals surface area contributed by atoms with Gasteiger partial charge in [0.25, 0.3) is 0 Å². The Labute approximate surface area is 143 Å². The van der Waals surface area contributed by atoms with Gasteiger partial charge in [0.05, 0.1) is 6.42 Å². The van der Waals surface area contributed by atoms with E-state index in [9.17, 15) is 9.59 Å². The Hall–Kier alpha value is -1.59. The second-order valence-corrected chi connectivity index (χ2v) is 7.14. The smallest absolute Gasteiger partial charge is 0.307 e. The summed E-state index contributed by atoms with van der Waals surface area (Å²) in [7, 11) is 0. The molecule has 1 heterocycles. The minimum Gasteiger partial charge on any atom is -0.462 e. The van der Waals surface area contributed by atoms with E-state index in [-0.39, 0.29) is 23.4 Å². The zero-order valence-electron chi connectivity index (χ0n) is 12.8. The predicted molar refractivity (Wildman–Crippen MR) is 91.2 cm³/mol. The normalized spacial score (nSPS) is 20.1. The van der Waals surface area contributed by atoms with Crippen molar-refractivity contribution in [1.29, 1.82) is 0 Å². The van der Waals surface area contributed by atoms with E-state index in [1.165, 1.54) is 5.56 Å². The van der Waals surface area contributed by atoms with Crippen LogP contribution in [0.5, 0.6) is 0 Å². The lowest BCUT2D eigenvalue weighted by Crippen LogP contribution is -2.32. The molecule has 122 valence electrons. The van der Waals surface area contributed by atoms with Gasteiger partial charge in [-0.3, -0.25) is 9.59 Å². The summed E-state index contributed by atoms with van der Waals surface area (Å²) in [5.74, 6) is 0.172. The van der Waals surface area contributed by atoms with Gasteiger partial charge in [0.15, 0.2) is 0 Å². The molecule has 6 heteroatoms. The summed E-state index contributed by atoms with van der Waals surface area (Å²) in [6.07, 6.45) is 1.88. The summed E-state index contributed by atoms with van der Waals surface area (Å²) in [6, 6.07) is 7.82. The molecule has 0 aliphatic heterocycles. The number of halogens is 1. The first-order valence-corrected chi connectivity index (χ1v) is 8.88. The van der Waals surface area contributed by atoms with Crippen molar-refractivity contribution in [1.82, 2.24) is 4.57 Å². The summed E-state index contributed by atoms with van der Waals surface area (Å²) < 4.78 is 7.08. The fourth-order valence-corrected chi connectivity index (χ4v) is 3.78. The maximum Gasteiger partial charge on any atom is 0.307 e. The summed E-state index contributed by atoms with van der Waals surface area (Å²) in [5, 5.41) is 2.54. The number of hydrogen-bond donors (Lipinski definition) is 0. The number of aryl methyl sites for hydroxylation is 1. The standard InChI is InChI=1S/C17H18ClNO3S/c1-11-10-23-17(21)19(11)6-5-16(20)22-15-8-13(9-15)12-3-2-4-14(18)7-12/h2-4,7,10,13,15H,5-6,8-9H2,1H3. The van der Waals surface area contributed by atoms with Crippen molar-refractivity contribution in [3.05, 3.63) is 55.6 Å². The molecule has 4 nitrogen and oxygen atoms in total. The molecule has 0 radical (unpaired) electrons. The van der Waals surface area contributed by atoms with Crippen LogP contribution in [0.3, 0.4) is 0 Å². The number of carbonyl (C=O) groups is 1. The third-order valence-corrected chi connectivity index (χ3v) is 5.35. The van der Waals surface area contributed by atoms with E-state index in [1.54, 1.807) is 9.95 Å². The van der Waals surface area contributed by atoms with E-state index in [1.807, 2.05) is 25.1 Å². The van der Waals surface area contributed by atoms with Crippen LogP contribution in [-0.4, -0.2) is 16.6 Å². The highest BCUT2D eigenvalue weighted by atomic mass is 35.5. The van der Waals surface area contributed by atoms with E-state index in [0.29, 0.717) is 12.5 Å². The Morgan fingerprint density at radius 1 is 1.43 bits per heavy atom. The first-order chi connectivity index (χ1) is 11.0. The first kappa shape index (κ1) is 16.3. The van der Waals surface area contributed by atoms with Crippen molar-refractivity contribution in [2.24, 2.45) is 0 Å². The molecule has 1 aromatic heterocycles. The number of hydrogen-bond acceptors (Lipinski definition) is 4. The molecule has 3 rings (SSSR count). The van der Waals surface area contributed by atoms with Crippen LogP contribution in [-0.2, 0) is 16.1 Å². The molecule has 0 unspecified atom stereocenters. The number of ether oxygens (including phenoxy) is 1. The topological polar surface area (TPSA) is 48.3 Å². The Bertz CT molecular complexity index is 761. The van der Waals surface area contributed by atoms with Crippen LogP contribution in [0.2, 0.25) is 5.02 Å². The lowest BCUT2D eigenvalue weighted by atomic mass is 9.77. The summed E-state index contributed by atoms with van der Waals surface area (Å²) in [6.45, 7) is 2.25. The van der Waals surface area contributed by atoms with Gasteiger partial charge < -0.3 is 9.30 Å². The van der Waals surface area contributed by atoms with Gasteiger partial charge in [-0.1, -0.05) is 35.1 Å². The van der Waals surface area contributed by atoms with Crippen LogP contribution in [0.25, 0.3) is 0 Å². The number of benzene rings is 1. The van der Waals surface area contributed by atoms with Crippen molar-refractivity contribution in [2.45, 2.75) is 44.8 Å². The number of nitrogens with zero attached hydrogens (tertiary/aromatic N) is 1. The molecule has 0 N–H and O–H groups in total. The number of thiazole rings is 1. The average molecular weight is 352 g/mol. The summed E-state index contributed by atoms with van der Waals surface area (Å²) in [4.78, 5) is 23.5. The molecule has 0 amide bonds. The maximum absolute atomic E-state index is 11.9. The molecule has 0 bridgehead atoms. The molecule has 0 spiro atoms. The Balaban J connectivity index is 1.45. The molecule has 23 heavy (non-hydrogen) atoms. The second kappa shape index (κ2) is 6.89. The van der Waals surface area contributed by atoms with Crippen LogP contribution in [0.1, 0.15) is 36.4 Å². The van der Waals surface area contributed by atoms with Gasteiger partial charge in [0, 0.05) is 22.6 Å². The molecule has 2 aromatic rings. The molecular formula is C17H18ClNO3S. The summed E-state index contributed by atoms with van der Waals surface area (Å²) >= 11 is 7.15. The molecule has 1 aliphatic rings. The van der Waals surface area contributed by atoms with Gasteiger partial charge in [-0.25, -0.2) is 0 Å². The van der Waals surface area contributed by atoms with Gasteiger partial charge in [-0.2, -0.15) is 0 Å².